The van der Waals surface area contributed by atoms with Crippen LogP contribution in [-0.4, -0.2) is 19.1 Å². The van der Waals surface area contributed by atoms with Gasteiger partial charge in [-0.05, 0) is 31.7 Å². The lowest BCUT2D eigenvalue weighted by Crippen LogP contribution is -2.34. The van der Waals surface area contributed by atoms with Crippen molar-refractivity contribution >= 4 is 11.6 Å². The topological polar surface area (TPSA) is 74.2 Å². The van der Waals surface area contributed by atoms with Crippen LogP contribution in [0.1, 0.15) is 18.5 Å². The summed E-state index contributed by atoms with van der Waals surface area (Å²) in [4.78, 5) is 11.5. The fourth-order valence-electron chi connectivity index (χ4n) is 1.71. The summed E-state index contributed by atoms with van der Waals surface area (Å²) in [6.45, 7) is 1.69. The highest BCUT2D eigenvalue weighted by Gasteiger charge is 2.24. The van der Waals surface area contributed by atoms with E-state index in [0.717, 1.165) is 5.56 Å². The standard InChI is InChI=1S/C12H13N3O2/c1-7-12(16)15-9-5-8(10(6-13)14-2)3-4-11(9)17-7/h3-5,7,10,14H,1-2H3,(H,15,16). The normalized spacial score (nSPS) is 19.6. The Morgan fingerprint density at radius 2 is 2.35 bits per heavy atom. The van der Waals surface area contributed by atoms with E-state index in [4.69, 9.17) is 10.00 Å². The Bertz CT molecular complexity index is 493. The first-order valence-electron chi connectivity index (χ1n) is 5.34. The van der Waals surface area contributed by atoms with Crippen molar-refractivity contribution in [2.45, 2.75) is 19.1 Å². The van der Waals surface area contributed by atoms with Crippen molar-refractivity contribution in [3.63, 3.8) is 0 Å². The molecule has 0 bridgehead atoms. The van der Waals surface area contributed by atoms with E-state index < -0.39 is 12.1 Å². The minimum absolute atomic E-state index is 0.174. The number of anilines is 1. The molecule has 1 heterocycles. The number of amides is 1. The van der Waals surface area contributed by atoms with Gasteiger partial charge >= 0.3 is 0 Å². The largest absolute Gasteiger partial charge is 0.479 e. The first-order valence-corrected chi connectivity index (χ1v) is 5.34. The molecule has 2 unspecified atom stereocenters. The zero-order chi connectivity index (χ0) is 12.4. The Labute approximate surface area is 99.4 Å². The lowest BCUT2D eigenvalue weighted by atomic mass is 10.1. The number of hydrogen-bond acceptors (Lipinski definition) is 4. The van der Waals surface area contributed by atoms with Crippen LogP contribution in [0.3, 0.4) is 0 Å². The van der Waals surface area contributed by atoms with Crippen LogP contribution < -0.4 is 15.4 Å². The number of nitriles is 1. The second kappa shape index (κ2) is 4.44. The number of carbonyl (C=O) groups excluding carboxylic acids is 1. The second-order valence-corrected chi connectivity index (χ2v) is 3.86. The molecule has 0 aliphatic carbocycles. The van der Waals surface area contributed by atoms with Crippen LogP contribution in [-0.2, 0) is 4.79 Å². The molecule has 2 atom stereocenters. The summed E-state index contributed by atoms with van der Waals surface area (Å²) < 4.78 is 5.43. The maximum absolute atomic E-state index is 11.5. The third-order valence-corrected chi connectivity index (χ3v) is 2.69. The molecule has 1 aromatic carbocycles. The lowest BCUT2D eigenvalue weighted by Gasteiger charge is -2.24. The van der Waals surface area contributed by atoms with E-state index in [1.807, 2.05) is 6.07 Å². The van der Waals surface area contributed by atoms with E-state index in [1.165, 1.54) is 0 Å². The summed E-state index contributed by atoms with van der Waals surface area (Å²) in [5, 5.41) is 14.6. The van der Waals surface area contributed by atoms with Crippen molar-refractivity contribution in [1.82, 2.24) is 5.32 Å². The van der Waals surface area contributed by atoms with Gasteiger partial charge in [0, 0.05) is 0 Å². The summed E-state index contributed by atoms with van der Waals surface area (Å²) in [6, 6.07) is 7.07. The molecule has 0 aromatic heterocycles. The van der Waals surface area contributed by atoms with Crippen LogP contribution in [0, 0.1) is 11.3 Å². The maximum atomic E-state index is 11.5. The monoisotopic (exact) mass is 231 g/mol. The molecule has 1 aromatic rings. The molecule has 1 aliphatic heterocycles. The quantitative estimate of drug-likeness (QED) is 0.801. The average Bonchev–Trinajstić information content (AvgIpc) is 2.32. The van der Waals surface area contributed by atoms with Gasteiger partial charge in [0.2, 0.25) is 0 Å². The molecule has 0 radical (unpaired) electrons. The second-order valence-electron chi connectivity index (χ2n) is 3.86. The van der Waals surface area contributed by atoms with Crippen molar-refractivity contribution < 1.29 is 9.53 Å². The molecule has 1 amide bonds. The third-order valence-electron chi connectivity index (χ3n) is 2.69. The summed E-state index contributed by atoms with van der Waals surface area (Å²) >= 11 is 0. The van der Waals surface area contributed by atoms with Crippen molar-refractivity contribution in [3.8, 4) is 11.8 Å². The van der Waals surface area contributed by atoms with Crippen LogP contribution in [0.4, 0.5) is 5.69 Å². The Morgan fingerprint density at radius 3 is 3.00 bits per heavy atom. The first-order chi connectivity index (χ1) is 8.15. The molecule has 0 spiro atoms. The summed E-state index contributed by atoms with van der Waals surface area (Å²) in [5.74, 6) is 0.459. The van der Waals surface area contributed by atoms with Gasteiger partial charge in [0.15, 0.2) is 6.10 Å². The van der Waals surface area contributed by atoms with Gasteiger partial charge in [0.25, 0.3) is 5.91 Å². The van der Waals surface area contributed by atoms with Crippen molar-refractivity contribution in [2.75, 3.05) is 12.4 Å². The number of ether oxygens (including phenoxy) is 1. The van der Waals surface area contributed by atoms with E-state index in [0.29, 0.717) is 11.4 Å². The summed E-state index contributed by atoms with van der Waals surface area (Å²) in [6.07, 6.45) is -0.482. The number of fused-ring (bicyclic) bond motifs is 1. The fraction of sp³-hybridized carbons (Fsp3) is 0.333. The van der Waals surface area contributed by atoms with Crippen LogP contribution >= 0.6 is 0 Å². The predicted octanol–water partition coefficient (Wildman–Crippen LogP) is 1.19. The van der Waals surface area contributed by atoms with Crippen molar-refractivity contribution in [2.24, 2.45) is 0 Å². The minimum Gasteiger partial charge on any atom is -0.479 e. The highest BCUT2D eigenvalue weighted by atomic mass is 16.5. The van der Waals surface area contributed by atoms with Gasteiger partial charge in [0.05, 0.1) is 11.8 Å². The Morgan fingerprint density at radius 1 is 1.59 bits per heavy atom. The Kier molecular flexibility index (Phi) is 2.98. The zero-order valence-electron chi connectivity index (χ0n) is 9.65. The summed E-state index contributed by atoms with van der Waals surface area (Å²) in [7, 11) is 1.71. The van der Waals surface area contributed by atoms with E-state index in [-0.39, 0.29) is 5.91 Å². The first kappa shape index (κ1) is 11.4. The molecule has 0 saturated carbocycles. The van der Waals surface area contributed by atoms with Crippen molar-refractivity contribution in [1.29, 1.82) is 5.26 Å². The number of carbonyl (C=O) groups is 1. The zero-order valence-corrected chi connectivity index (χ0v) is 9.65. The highest BCUT2D eigenvalue weighted by molar-refractivity contribution is 5.97. The molecule has 2 rings (SSSR count). The average molecular weight is 231 g/mol. The predicted molar refractivity (Wildman–Crippen MR) is 62.6 cm³/mol. The van der Waals surface area contributed by atoms with E-state index in [2.05, 4.69) is 16.7 Å². The summed E-state index contributed by atoms with van der Waals surface area (Å²) in [5.41, 5.74) is 1.41. The molecular weight excluding hydrogens is 218 g/mol. The maximum Gasteiger partial charge on any atom is 0.265 e. The molecule has 0 fully saturated rings. The number of benzene rings is 1. The molecular formula is C12H13N3O2. The molecule has 88 valence electrons. The number of hydrogen-bond donors (Lipinski definition) is 2. The van der Waals surface area contributed by atoms with Crippen LogP contribution in [0.2, 0.25) is 0 Å². The number of nitrogens with zero attached hydrogens (tertiary/aromatic N) is 1. The van der Waals surface area contributed by atoms with Crippen molar-refractivity contribution in [3.05, 3.63) is 23.8 Å². The van der Waals surface area contributed by atoms with Crippen LogP contribution in [0.15, 0.2) is 18.2 Å². The lowest BCUT2D eigenvalue weighted by molar-refractivity contribution is -0.122. The smallest absolute Gasteiger partial charge is 0.265 e. The third kappa shape index (κ3) is 2.08. The SMILES string of the molecule is CNC(C#N)c1ccc2c(c1)NC(=O)C(C)O2. The van der Waals surface area contributed by atoms with Gasteiger partial charge in [-0.25, -0.2) is 0 Å². The Hall–Kier alpha value is -2.06. The van der Waals surface area contributed by atoms with Gasteiger partial charge in [-0.15, -0.1) is 0 Å². The molecule has 2 N–H and O–H groups in total. The fourth-order valence-corrected chi connectivity index (χ4v) is 1.71. The van der Waals surface area contributed by atoms with E-state index in [1.54, 1.807) is 26.1 Å². The van der Waals surface area contributed by atoms with Crippen LogP contribution in [0.5, 0.6) is 5.75 Å². The van der Waals surface area contributed by atoms with Gasteiger partial charge in [0.1, 0.15) is 11.8 Å². The number of rotatable bonds is 2. The highest BCUT2D eigenvalue weighted by Crippen LogP contribution is 2.31. The van der Waals surface area contributed by atoms with Gasteiger partial charge < -0.3 is 15.4 Å². The van der Waals surface area contributed by atoms with E-state index in [9.17, 15) is 4.79 Å². The molecule has 17 heavy (non-hydrogen) atoms. The molecule has 5 nitrogen and oxygen atoms in total. The number of nitrogens with one attached hydrogen (secondary N) is 2. The van der Waals surface area contributed by atoms with Gasteiger partial charge in [-0.1, -0.05) is 6.07 Å². The molecule has 1 aliphatic rings. The molecule has 5 heteroatoms. The Balaban J connectivity index is 2.35. The van der Waals surface area contributed by atoms with Crippen LogP contribution in [0.25, 0.3) is 0 Å². The molecule has 0 saturated heterocycles. The van der Waals surface area contributed by atoms with Gasteiger partial charge in [-0.2, -0.15) is 5.26 Å². The van der Waals surface area contributed by atoms with Gasteiger partial charge in [-0.3, -0.25) is 4.79 Å². The van der Waals surface area contributed by atoms with E-state index >= 15 is 0 Å². The minimum atomic E-state index is -0.482.